The van der Waals surface area contributed by atoms with Gasteiger partial charge in [-0.2, -0.15) is 0 Å². The van der Waals surface area contributed by atoms with Gasteiger partial charge in [-0.1, -0.05) is 13.8 Å². The third-order valence-corrected chi connectivity index (χ3v) is 3.97. The van der Waals surface area contributed by atoms with Crippen LogP contribution in [0.15, 0.2) is 34.1 Å². The SMILES string of the molecule is CC(C)Sc1ccc(SC(C)C(=O)O)cc1. The molecule has 0 fully saturated rings. The van der Waals surface area contributed by atoms with E-state index in [-0.39, 0.29) is 0 Å². The Morgan fingerprint density at radius 3 is 1.88 bits per heavy atom. The Morgan fingerprint density at radius 2 is 1.50 bits per heavy atom. The van der Waals surface area contributed by atoms with Crippen molar-refractivity contribution < 1.29 is 9.90 Å². The third kappa shape index (κ3) is 4.49. The minimum absolute atomic E-state index is 0.399. The number of carboxylic acids is 1. The molecule has 1 unspecified atom stereocenters. The summed E-state index contributed by atoms with van der Waals surface area (Å²) in [5.41, 5.74) is 0. The zero-order valence-corrected chi connectivity index (χ0v) is 11.3. The van der Waals surface area contributed by atoms with Crippen molar-refractivity contribution in [1.29, 1.82) is 0 Å². The molecule has 0 radical (unpaired) electrons. The molecule has 0 spiro atoms. The van der Waals surface area contributed by atoms with Crippen LogP contribution < -0.4 is 0 Å². The molecule has 0 saturated heterocycles. The molecular formula is C12H16O2S2. The van der Waals surface area contributed by atoms with Gasteiger partial charge in [-0.25, -0.2) is 0 Å². The number of carbonyl (C=O) groups is 1. The van der Waals surface area contributed by atoms with Gasteiger partial charge in [0.25, 0.3) is 0 Å². The van der Waals surface area contributed by atoms with Crippen LogP contribution in [-0.2, 0) is 4.79 Å². The predicted molar refractivity (Wildman–Crippen MR) is 70.4 cm³/mol. The summed E-state index contributed by atoms with van der Waals surface area (Å²) in [6, 6.07) is 8.05. The minimum atomic E-state index is -0.773. The molecule has 1 aromatic rings. The first-order valence-corrected chi connectivity index (χ1v) is 6.91. The molecule has 16 heavy (non-hydrogen) atoms. The van der Waals surface area contributed by atoms with E-state index in [9.17, 15) is 4.79 Å². The number of thioether (sulfide) groups is 2. The van der Waals surface area contributed by atoms with Crippen LogP contribution in [0.4, 0.5) is 0 Å². The monoisotopic (exact) mass is 256 g/mol. The van der Waals surface area contributed by atoms with Gasteiger partial charge in [0.15, 0.2) is 0 Å². The maximum atomic E-state index is 10.7. The van der Waals surface area contributed by atoms with Crippen LogP contribution in [-0.4, -0.2) is 21.6 Å². The van der Waals surface area contributed by atoms with E-state index >= 15 is 0 Å². The molecule has 2 nitrogen and oxygen atoms in total. The number of carboxylic acid groups (broad SMARTS) is 1. The van der Waals surface area contributed by atoms with Gasteiger partial charge in [0.1, 0.15) is 5.25 Å². The molecule has 0 saturated carbocycles. The normalized spacial score (nSPS) is 12.8. The molecule has 0 heterocycles. The first kappa shape index (κ1) is 13.5. The van der Waals surface area contributed by atoms with Crippen molar-refractivity contribution in [2.75, 3.05) is 0 Å². The highest BCUT2D eigenvalue weighted by Crippen LogP contribution is 2.28. The number of benzene rings is 1. The summed E-state index contributed by atoms with van der Waals surface area (Å²) in [4.78, 5) is 12.9. The molecule has 4 heteroatoms. The zero-order chi connectivity index (χ0) is 12.1. The topological polar surface area (TPSA) is 37.3 Å². The zero-order valence-electron chi connectivity index (χ0n) is 9.64. The van der Waals surface area contributed by atoms with Crippen LogP contribution in [0.1, 0.15) is 20.8 Å². The highest BCUT2D eigenvalue weighted by molar-refractivity contribution is 8.00. The highest BCUT2D eigenvalue weighted by Gasteiger charge is 2.12. The molecule has 1 atom stereocenters. The van der Waals surface area contributed by atoms with Gasteiger partial charge in [-0.05, 0) is 31.2 Å². The Morgan fingerprint density at radius 1 is 1.06 bits per heavy atom. The number of hydrogen-bond donors (Lipinski definition) is 1. The van der Waals surface area contributed by atoms with Crippen molar-refractivity contribution in [1.82, 2.24) is 0 Å². The predicted octanol–water partition coefficient (Wildman–Crippen LogP) is 3.75. The van der Waals surface area contributed by atoms with Gasteiger partial charge in [-0.3, -0.25) is 4.79 Å². The fourth-order valence-electron chi connectivity index (χ4n) is 1.12. The van der Waals surface area contributed by atoms with E-state index < -0.39 is 11.2 Å². The lowest BCUT2D eigenvalue weighted by Gasteiger charge is -2.08. The Kier molecular flexibility index (Phi) is 5.22. The van der Waals surface area contributed by atoms with Crippen molar-refractivity contribution in [2.24, 2.45) is 0 Å². The van der Waals surface area contributed by atoms with E-state index in [2.05, 4.69) is 13.8 Å². The highest BCUT2D eigenvalue weighted by atomic mass is 32.2. The van der Waals surface area contributed by atoms with E-state index in [4.69, 9.17) is 5.11 Å². The molecule has 0 bridgehead atoms. The minimum Gasteiger partial charge on any atom is -0.480 e. The molecular weight excluding hydrogens is 240 g/mol. The summed E-state index contributed by atoms with van der Waals surface area (Å²) in [6.07, 6.45) is 0. The number of rotatable bonds is 5. The second kappa shape index (κ2) is 6.21. The summed E-state index contributed by atoms with van der Waals surface area (Å²) >= 11 is 3.18. The van der Waals surface area contributed by atoms with Gasteiger partial charge >= 0.3 is 5.97 Å². The van der Waals surface area contributed by atoms with Crippen LogP contribution >= 0.6 is 23.5 Å². The van der Waals surface area contributed by atoms with Crippen molar-refractivity contribution in [3.63, 3.8) is 0 Å². The van der Waals surface area contributed by atoms with Crippen LogP contribution in [0.25, 0.3) is 0 Å². The van der Waals surface area contributed by atoms with Gasteiger partial charge < -0.3 is 5.11 Å². The molecule has 1 aromatic carbocycles. The maximum Gasteiger partial charge on any atom is 0.316 e. The molecule has 1 rings (SSSR count). The Labute approximate surface area is 105 Å². The molecule has 0 aliphatic rings. The van der Waals surface area contributed by atoms with Crippen LogP contribution in [0.2, 0.25) is 0 Å². The Balaban J connectivity index is 2.61. The lowest BCUT2D eigenvalue weighted by atomic mass is 10.4. The van der Waals surface area contributed by atoms with Crippen LogP contribution in [0.5, 0.6) is 0 Å². The average Bonchev–Trinajstić information content (AvgIpc) is 2.20. The van der Waals surface area contributed by atoms with Crippen LogP contribution in [0.3, 0.4) is 0 Å². The van der Waals surface area contributed by atoms with Crippen molar-refractivity contribution in [3.8, 4) is 0 Å². The van der Waals surface area contributed by atoms with Crippen molar-refractivity contribution in [3.05, 3.63) is 24.3 Å². The largest absolute Gasteiger partial charge is 0.480 e. The van der Waals surface area contributed by atoms with E-state index in [1.165, 1.54) is 16.7 Å². The molecule has 88 valence electrons. The number of hydrogen-bond acceptors (Lipinski definition) is 3. The molecule has 1 N–H and O–H groups in total. The fourth-order valence-corrected chi connectivity index (χ4v) is 2.76. The van der Waals surface area contributed by atoms with Gasteiger partial charge in [0.2, 0.25) is 0 Å². The summed E-state index contributed by atoms with van der Waals surface area (Å²) < 4.78 is 0. The maximum absolute atomic E-state index is 10.7. The van der Waals surface area contributed by atoms with E-state index in [0.717, 1.165) is 4.90 Å². The lowest BCUT2D eigenvalue weighted by molar-refractivity contribution is -0.136. The van der Waals surface area contributed by atoms with E-state index in [0.29, 0.717) is 5.25 Å². The fraction of sp³-hybridized carbons (Fsp3) is 0.417. The molecule has 0 aliphatic heterocycles. The lowest BCUT2D eigenvalue weighted by Crippen LogP contribution is -2.10. The summed E-state index contributed by atoms with van der Waals surface area (Å²) in [6.45, 7) is 6.00. The van der Waals surface area contributed by atoms with Crippen molar-refractivity contribution in [2.45, 2.75) is 41.1 Å². The third-order valence-electron chi connectivity index (χ3n) is 1.86. The molecule has 0 aliphatic carbocycles. The summed E-state index contributed by atoms with van der Waals surface area (Å²) in [5.74, 6) is -0.773. The first-order chi connectivity index (χ1) is 7.49. The second-order valence-corrected chi connectivity index (χ2v) is 6.80. The molecule has 0 aromatic heterocycles. The van der Waals surface area contributed by atoms with Gasteiger partial charge in [0, 0.05) is 15.0 Å². The first-order valence-electron chi connectivity index (χ1n) is 5.15. The van der Waals surface area contributed by atoms with Crippen molar-refractivity contribution >= 4 is 29.5 Å². The van der Waals surface area contributed by atoms with Gasteiger partial charge in [0.05, 0.1) is 0 Å². The summed E-state index contributed by atoms with van der Waals surface area (Å²) in [5, 5.41) is 8.96. The quantitative estimate of drug-likeness (QED) is 0.814. The second-order valence-electron chi connectivity index (χ2n) is 3.74. The van der Waals surface area contributed by atoms with E-state index in [1.54, 1.807) is 18.7 Å². The average molecular weight is 256 g/mol. The van der Waals surface area contributed by atoms with Gasteiger partial charge in [-0.15, -0.1) is 23.5 Å². The van der Waals surface area contributed by atoms with E-state index in [1.807, 2.05) is 24.3 Å². The summed E-state index contributed by atoms with van der Waals surface area (Å²) in [7, 11) is 0. The smallest absolute Gasteiger partial charge is 0.316 e. The molecule has 0 amide bonds. The Bertz CT molecular complexity index is 347. The standard InChI is InChI=1S/C12H16O2S2/c1-8(2)15-10-4-6-11(7-5-10)16-9(3)12(13)14/h4-9H,1-3H3,(H,13,14). The number of aliphatic carboxylic acids is 1. The Hall–Kier alpha value is -0.610. The van der Waals surface area contributed by atoms with Crippen LogP contribution in [0, 0.1) is 0 Å².